The zero-order valence-corrected chi connectivity index (χ0v) is 13.3. The van der Waals surface area contributed by atoms with E-state index in [-0.39, 0.29) is 11.9 Å². The zero-order chi connectivity index (χ0) is 15.4. The summed E-state index contributed by atoms with van der Waals surface area (Å²) in [4.78, 5) is 18.8. The van der Waals surface area contributed by atoms with Gasteiger partial charge in [0.25, 0.3) is 0 Å². The van der Waals surface area contributed by atoms with Crippen LogP contribution in [0.15, 0.2) is 24.2 Å². The Labute approximate surface area is 132 Å². The number of aromatic nitrogens is 2. The summed E-state index contributed by atoms with van der Waals surface area (Å²) in [6.07, 6.45) is 11.2. The van der Waals surface area contributed by atoms with Crippen LogP contribution in [0.5, 0.6) is 0 Å². The molecule has 1 amide bonds. The van der Waals surface area contributed by atoms with Crippen LogP contribution in [0.1, 0.15) is 50.8 Å². The van der Waals surface area contributed by atoms with Crippen LogP contribution in [0, 0.1) is 0 Å². The highest BCUT2D eigenvalue weighted by molar-refractivity contribution is 5.78. The highest BCUT2D eigenvalue weighted by Gasteiger charge is 2.28. The topological polar surface area (TPSA) is 47.4 Å². The van der Waals surface area contributed by atoms with Crippen molar-refractivity contribution in [3.05, 3.63) is 29.9 Å². The first-order valence-electron chi connectivity index (χ1n) is 8.32. The van der Waals surface area contributed by atoms with Gasteiger partial charge in [0.1, 0.15) is 0 Å². The van der Waals surface area contributed by atoms with Crippen LogP contribution in [0.25, 0.3) is 0 Å². The van der Waals surface area contributed by atoms with Gasteiger partial charge in [-0.25, -0.2) is 4.98 Å². The first kappa shape index (κ1) is 15.3. The fraction of sp³-hybridized carbons (Fsp3) is 0.647. The second-order valence-electron chi connectivity index (χ2n) is 6.16. The van der Waals surface area contributed by atoms with Gasteiger partial charge in [0.05, 0.1) is 31.2 Å². The van der Waals surface area contributed by atoms with Crippen molar-refractivity contribution in [1.29, 1.82) is 0 Å². The van der Waals surface area contributed by atoms with Gasteiger partial charge < -0.3 is 14.2 Å². The largest absolute Gasteiger partial charge is 0.380 e. The maximum absolute atomic E-state index is 12.6. The van der Waals surface area contributed by atoms with Crippen LogP contribution in [0.2, 0.25) is 0 Å². The lowest BCUT2D eigenvalue weighted by molar-refractivity contribution is -0.132. The van der Waals surface area contributed by atoms with Crippen molar-refractivity contribution in [3.8, 4) is 0 Å². The minimum Gasteiger partial charge on any atom is -0.380 e. The van der Waals surface area contributed by atoms with Crippen molar-refractivity contribution in [1.82, 2.24) is 14.5 Å². The molecule has 0 saturated heterocycles. The lowest BCUT2D eigenvalue weighted by atomic mass is 9.96. The molecule has 1 aromatic rings. The molecule has 1 aliphatic carbocycles. The van der Waals surface area contributed by atoms with Crippen LogP contribution in [0.4, 0.5) is 0 Å². The number of hydrogen-bond acceptors (Lipinski definition) is 3. The first-order valence-corrected chi connectivity index (χ1v) is 8.32. The fourth-order valence-electron chi connectivity index (χ4n) is 3.33. The second-order valence-corrected chi connectivity index (χ2v) is 6.16. The number of hydrogen-bond donors (Lipinski definition) is 0. The quantitative estimate of drug-likeness (QED) is 0.786. The molecule has 2 aliphatic rings. The molecule has 0 saturated carbocycles. The summed E-state index contributed by atoms with van der Waals surface area (Å²) in [5, 5.41) is 0. The molecule has 0 fully saturated rings. The van der Waals surface area contributed by atoms with Crippen molar-refractivity contribution in [2.75, 3.05) is 19.8 Å². The van der Waals surface area contributed by atoms with Gasteiger partial charge in [0, 0.05) is 25.8 Å². The molecule has 1 atom stereocenters. The van der Waals surface area contributed by atoms with Gasteiger partial charge in [-0.05, 0) is 32.6 Å². The minimum atomic E-state index is 0.176. The number of imidazole rings is 1. The standard InChI is InChI=1S/C17H25N3O2/c1-2-22-12-16-11-19(10-15-9-18-13-20(15)16)17(21)8-14-6-4-3-5-7-14/h6,9,13,16H,2-5,7-8,10-12H2,1H3. The van der Waals surface area contributed by atoms with E-state index in [1.54, 1.807) is 0 Å². The normalized spacial score (nSPS) is 21.4. The Balaban J connectivity index is 1.67. The second kappa shape index (κ2) is 7.09. The number of nitrogens with zero attached hydrogens (tertiary/aromatic N) is 3. The summed E-state index contributed by atoms with van der Waals surface area (Å²) in [6, 6.07) is 0.176. The highest BCUT2D eigenvalue weighted by Crippen LogP contribution is 2.25. The van der Waals surface area contributed by atoms with Crippen LogP contribution in [-0.4, -0.2) is 40.1 Å². The zero-order valence-electron chi connectivity index (χ0n) is 13.3. The Bertz CT molecular complexity index is 550. The number of rotatable bonds is 5. The van der Waals surface area contributed by atoms with Crippen molar-refractivity contribution < 1.29 is 9.53 Å². The molecule has 0 aromatic carbocycles. The van der Waals surface area contributed by atoms with Gasteiger partial charge in [0.2, 0.25) is 5.91 Å². The van der Waals surface area contributed by atoms with Gasteiger partial charge in [0.15, 0.2) is 0 Å². The predicted octanol–water partition coefficient (Wildman–Crippen LogP) is 2.69. The van der Waals surface area contributed by atoms with E-state index < -0.39 is 0 Å². The van der Waals surface area contributed by atoms with Crippen LogP contribution < -0.4 is 0 Å². The summed E-state index contributed by atoms with van der Waals surface area (Å²) in [5.41, 5.74) is 2.42. The predicted molar refractivity (Wildman–Crippen MR) is 84.3 cm³/mol. The lowest BCUT2D eigenvalue weighted by Gasteiger charge is -2.34. The molecule has 120 valence electrons. The number of carbonyl (C=O) groups is 1. The van der Waals surface area contributed by atoms with Gasteiger partial charge >= 0.3 is 0 Å². The molecular formula is C17H25N3O2. The number of ether oxygens (including phenoxy) is 1. The number of amides is 1. The summed E-state index contributed by atoms with van der Waals surface area (Å²) in [6.45, 7) is 4.70. The molecule has 3 rings (SSSR count). The van der Waals surface area contributed by atoms with Gasteiger partial charge in [-0.3, -0.25) is 4.79 Å². The van der Waals surface area contributed by atoms with Crippen molar-refractivity contribution in [3.63, 3.8) is 0 Å². The van der Waals surface area contributed by atoms with Crippen molar-refractivity contribution >= 4 is 5.91 Å². The molecule has 5 nitrogen and oxygen atoms in total. The molecule has 0 bridgehead atoms. The Morgan fingerprint density at radius 3 is 3.14 bits per heavy atom. The maximum Gasteiger partial charge on any atom is 0.227 e. The van der Waals surface area contributed by atoms with E-state index in [2.05, 4.69) is 15.6 Å². The third kappa shape index (κ3) is 3.40. The summed E-state index contributed by atoms with van der Waals surface area (Å²) in [7, 11) is 0. The maximum atomic E-state index is 12.6. The van der Waals surface area contributed by atoms with Gasteiger partial charge in [-0.1, -0.05) is 11.6 Å². The monoisotopic (exact) mass is 303 g/mol. The molecule has 2 heterocycles. The molecular weight excluding hydrogens is 278 g/mol. The Hall–Kier alpha value is -1.62. The SMILES string of the molecule is CCOCC1CN(C(=O)CC2=CCCCC2)Cc2cncn21. The Kier molecular flexibility index (Phi) is 4.93. The van der Waals surface area contributed by atoms with E-state index >= 15 is 0 Å². The first-order chi connectivity index (χ1) is 10.8. The van der Waals surface area contributed by atoms with Gasteiger partial charge in [-0.2, -0.15) is 0 Å². The highest BCUT2D eigenvalue weighted by atomic mass is 16.5. The van der Waals surface area contributed by atoms with E-state index in [0.717, 1.165) is 25.1 Å². The summed E-state index contributed by atoms with van der Waals surface area (Å²) < 4.78 is 7.73. The Morgan fingerprint density at radius 2 is 2.36 bits per heavy atom. The average molecular weight is 303 g/mol. The van der Waals surface area contributed by atoms with Crippen LogP contribution in [-0.2, 0) is 16.1 Å². The Morgan fingerprint density at radius 1 is 1.45 bits per heavy atom. The van der Waals surface area contributed by atoms with E-state index in [1.807, 2.05) is 24.3 Å². The lowest BCUT2D eigenvalue weighted by Crippen LogP contribution is -2.42. The van der Waals surface area contributed by atoms with Gasteiger partial charge in [-0.15, -0.1) is 0 Å². The molecule has 1 aromatic heterocycles. The third-order valence-corrected chi connectivity index (χ3v) is 4.55. The molecule has 0 N–H and O–H groups in total. The molecule has 0 spiro atoms. The third-order valence-electron chi connectivity index (χ3n) is 4.55. The minimum absolute atomic E-state index is 0.176. The molecule has 1 unspecified atom stereocenters. The van der Waals surface area contributed by atoms with E-state index in [4.69, 9.17) is 4.74 Å². The molecule has 0 radical (unpaired) electrons. The van der Waals surface area contributed by atoms with Crippen LogP contribution >= 0.6 is 0 Å². The summed E-state index contributed by atoms with van der Waals surface area (Å²) >= 11 is 0. The molecule has 1 aliphatic heterocycles. The number of fused-ring (bicyclic) bond motifs is 1. The smallest absolute Gasteiger partial charge is 0.227 e. The number of carbonyl (C=O) groups excluding carboxylic acids is 1. The van der Waals surface area contributed by atoms with Crippen molar-refractivity contribution in [2.45, 2.75) is 51.6 Å². The molecule has 22 heavy (non-hydrogen) atoms. The summed E-state index contributed by atoms with van der Waals surface area (Å²) in [5.74, 6) is 0.238. The van der Waals surface area contributed by atoms with E-state index in [0.29, 0.717) is 26.2 Å². The molecule has 5 heteroatoms. The average Bonchev–Trinajstić information content (AvgIpc) is 3.02. The van der Waals surface area contributed by atoms with Crippen LogP contribution in [0.3, 0.4) is 0 Å². The number of allylic oxidation sites excluding steroid dienone is 1. The van der Waals surface area contributed by atoms with Crippen molar-refractivity contribution in [2.24, 2.45) is 0 Å². The van der Waals surface area contributed by atoms with E-state index in [1.165, 1.54) is 18.4 Å². The fourth-order valence-corrected chi connectivity index (χ4v) is 3.33. The van der Waals surface area contributed by atoms with E-state index in [9.17, 15) is 4.79 Å².